The molecule has 1 saturated heterocycles. The Bertz CT molecular complexity index is 1530. The number of amides is 3. The second-order valence-corrected chi connectivity index (χ2v) is 11.3. The number of carbonyl (C=O) groups is 3. The van der Waals surface area contributed by atoms with E-state index in [1.807, 2.05) is 19.9 Å². The Balaban J connectivity index is 1.36. The molecule has 0 unspecified atom stereocenters. The SMILES string of the molecule is COc1ccc(NC(=O)CN2C(=O)S/C(=C/c3cc(C)n(-c4sc5c(c4C#N)CCCC5)c3C)C2=O)cc1. The van der Waals surface area contributed by atoms with Gasteiger partial charge in [0, 0.05) is 22.0 Å². The lowest BCUT2D eigenvalue weighted by atomic mass is 9.96. The molecular weight excluding hydrogens is 520 g/mol. The minimum Gasteiger partial charge on any atom is -0.497 e. The number of imide groups is 1. The number of benzene rings is 1. The van der Waals surface area contributed by atoms with Crippen LogP contribution in [0.5, 0.6) is 5.75 Å². The first-order valence-corrected chi connectivity index (χ1v) is 13.9. The molecule has 1 N–H and O–H groups in total. The number of methoxy groups -OCH3 is 1. The van der Waals surface area contributed by atoms with Crippen molar-refractivity contribution in [1.82, 2.24) is 9.47 Å². The smallest absolute Gasteiger partial charge is 0.294 e. The van der Waals surface area contributed by atoms with Crippen molar-refractivity contribution in [2.24, 2.45) is 0 Å². The summed E-state index contributed by atoms with van der Waals surface area (Å²) >= 11 is 2.49. The fourth-order valence-electron chi connectivity index (χ4n) is 4.87. The van der Waals surface area contributed by atoms with Crippen molar-refractivity contribution in [3.8, 4) is 16.8 Å². The summed E-state index contributed by atoms with van der Waals surface area (Å²) in [5.41, 5.74) is 5.08. The van der Waals surface area contributed by atoms with Crippen LogP contribution >= 0.6 is 23.1 Å². The summed E-state index contributed by atoms with van der Waals surface area (Å²) in [7, 11) is 1.55. The van der Waals surface area contributed by atoms with E-state index in [2.05, 4.69) is 16.0 Å². The zero-order chi connectivity index (χ0) is 27.0. The monoisotopic (exact) mass is 546 g/mol. The summed E-state index contributed by atoms with van der Waals surface area (Å²) in [6.45, 7) is 3.55. The van der Waals surface area contributed by atoms with Gasteiger partial charge in [-0.25, -0.2) is 0 Å². The summed E-state index contributed by atoms with van der Waals surface area (Å²) in [5.74, 6) is -0.317. The number of aryl methyl sites for hydroxylation is 2. The molecule has 0 radical (unpaired) electrons. The lowest BCUT2D eigenvalue weighted by molar-refractivity contribution is -0.127. The molecule has 1 aromatic carbocycles. The van der Waals surface area contributed by atoms with E-state index in [9.17, 15) is 19.6 Å². The number of ether oxygens (including phenoxy) is 1. The minimum absolute atomic E-state index is 0.262. The predicted octanol–water partition coefficient (Wildman–Crippen LogP) is 5.59. The Hall–Kier alpha value is -3.81. The number of thioether (sulfide) groups is 1. The van der Waals surface area contributed by atoms with Gasteiger partial charge >= 0.3 is 0 Å². The van der Waals surface area contributed by atoms with E-state index in [0.29, 0.717) is 11.4 Å². The fourth-order valence-corrected chi connectivity index (χ4v) is 7.15. The van der Waals surface area contributed by atoms with Crippen molar-refractivity contribution in [2.45, 2.75) is 39.5 Å². The third-order valence-electron chi connectivity index (χ3n) is 6.77. The van der Waals surface area contributed by atoms with Gasteiger partial charge in [0.05, 0.1) is 17.6 Å². The first kappa shape index (κ1) is 25.8. The van der Waals surface area contributed by atoms with Gasteiger partial charge < -0.3 is 14.6 Å². The summed E-state index contributed by atoms with van der Waals surface area (Å²) in [4.78, 5) is 40.7. The maximum atomic E-state index is 13.1. The number of nitriles is 1. The van der Waals surface area contributed by atoms with Crippen LogP contribution in [0.1, 0.15) is 45.8 Å². The molecule has 0 saturated carbocycles. The Kier molecular flexibility index (Phi) is 7.15. The van der Waals surface area contributed by atoms with Crippen LogP contribution in [-0.4, -0.2) is 40.2 Å². The molecule has 38 heavy (non-hydrogen) atoms. The number of aromatic nitrogens is 1. The second-order valence-electron chi connectivity index (χ2n) is 9.21. The van der Waals surface area contributed by atoms with Gasteiger partial charge in [-0.3, -0.25) is 19.3 Å². The van der Waals surface area contributed by atoms with Crippen molar-refractivity contribution in [1.29, 1.82) is 5.26 Å². The van der Waals surface area contributed by atoms with Crippen LogP contribution in [0.15, 0.2) is 35.2 Å². The van der Waals surface area contributed by atoms with E-state index in [1.54, 1.807) is 48.8 Å². The highest BCUT2D eigenvalue weighted by Crippen LogP contribution is 2.39. The van der Waals surface area contributed by atoms with Gasteiger partial charge in [-0.1, -0.05) is 0 Å². The average molecular weight is 547 g/mol. The molecule has 8 nitrogen and oxygen atoms in total. The minimum atomic E-state index is -0.501. The Morgan fingerprint density at radius 3 is 2.63 bits per heavy atom. The normalized spacial score (nSPS) is 16.1. The number of hydrogen-bond donors (Lipinski definition) is 1. The van der Waals surface area contributed by atoms with Crippen LogP contribution in [0.25, 0.3) is 11.1 Å². The Morgan fingerprint density at radius 1 is 1.18 bits per heavy atom. The molecule has 10 heteroatoms. The van der Waals surface area contributed by atoms with E-state index in [1.165, 1.54) is 10.4 Å². The molecule has 2 aliphatic rings. The number of thiophene rings is 1. The van der Waals surface area contributed by atoms with Crippen molar-refractivity contribution in [2.75, 3.05) is 19.0 Å². The standard InChI is InChI=1S/C28H26N4O4S2/c1-16-12-18(17(2)32(16)27-22(14-29)21-6-4-5-7-23(21)37-27)13-24-26(34)31(28(35)38-24)15-25(33)30-19-8-10-20(36-3)11-9-19/h8-13H,4-7,15H2,1-3H3,(H,30,33)/b24-13+. The van der Waals surface area contributed by atoms with Crippen LogP contribution in [0.3, 0.4) is 0 Å². The van der Waals surface area contributed by atoms with E-state index < -0.39 is 17.1 Å². The molecule has 0 atom stereocenters. The molecule has 0 bridgehead atoms. The van der Waals surface area contributed by atoms with Crippen molar-refractivity contribution in [3.63, 3.8) is 0 Å². The van der Waals surface area contributed by atoms with Gasteiger partial charge in [-0.05, 0) is 98.8 Å². The summed E-state index contributed by atoms with van der Waals surface area (Å²) in [6.07, 6.45) is 5.87. The number of carbonyl (C=O) groups excluding carboxylic acids is 3. The quantitative estimate of drug-likeness (QED) is 0.404. The van der Waals surface area contributed by atoms with E-state index in [0.717, 1.165) is 69.9 Å². The predicted molar refractivity (Wildman–Crippen MR) is 149 cm³/mol. The van der Waals surface area contributed by atoms with Crippen LogP contribution in [0.4, 0.5) is 10.5 Å². The number of rotatable bonds is 6. The average Bonchev–Trinajstić information content (AvgIpc) is 3.50. The highest BCUT2D eigenvalue weighted by atomic mass is 32.2. The first-order valence-electron chi connectivity index (χ1n) is 12.2. The number of hydrogen-bond acceptors (Lipinski definition) is 7. The van der Waals surface area contributed by atoms with Crippen LogP contribution in [0.2, 0.25) is 0 Å². The fraction of sp³-hybridized carbons (Fsp3) is 0.286. The summed E-state index contributed by atoms with van der Waals surface area (Å²) < 4.78 is 7.18. The zero-order valence-electron chi connectivity index (χ0n) is 21.3. The third-order valence-corrected chi connectivity index (χ3v) is 8.96. The van der Waals surface area contributed by atoms with E-state index >= 15 is 0 Å². The molecule has 1 aliphatic heterocycles. The van der Waals surface area contributed by atoms with Crippen LogP contribution in [-0.2, 0) is 22.4 Å². The van der Waals surface area contributed by atoms with Gasteiger partial charge in [0.15, 0.2) is 0 Å². The summed E-state index contributed by atoms with van der Waals surface area (Å²) in [5, 5.41) is 13.1. The van der Waals surface area contributed by atoms with Crippen LogP contribution in [0, 0.1) is 25.2 Å². The zero-order valence-corrected chi connectivity index (χ0v) is 22.9. The molecule has 5 rings (SSSR count). The molecular formula is C28H26N4O4S2. The first-order chi connectivity index (χ1) is 18.3. The van der Waals surface area contributed by atoms with E-state index in [-0.39, 0.29) is 11.4 Å². The maximum Gasteiger partial charge on any atom is 0.294 e. The van der Waals surface area contributed by atoms with Gasteiger partial charge in [0.2, 0.25) is 5.91 Å². The second kappa shape index (κ2) is 10.5. The van der Waals surface area contributed by atoms with Crippen molar-refractivity contribution < 1.29 is 19.1 Å². The molecule has 3 heterocycles. The lowest BCUT2D eigenvalue weighted by Crippen LogP contribution is -2.36. The number of nitrogens with zero attached hydrogens (tertiary/aromatic N) is 3. The van der Waals surface area contributed by atoms with Gasteiger partial charge in [-0.15, -0.1) is 11.3 Å². The number of fused-ring (bicyclic) bond motifs is 1. The Labute approximate surface area is 228 Å². The highest BCUT2D eigenvalue weighted by Gasteiger charge is 2.36. The molecule has 3 aromatic rings. The molecule has 2 aromatic heterocycles. The largest absolute Gasteiger partial charge is 0.497 e. The molecule has 1 fully saturated rings. The number of anilines is 1. The van der Waals surface area contributed by atoms with E-state index in [4.69, 9.17) is 4.74 Å². The van der Waals surface area contributed by atoms with Gasteiger partial charge in [0.1, 0.15) is 23.4 Å². The lowest BCUT2D eigenvalue weighted by Gasteiger charge is -2.12. The summed E-state index contributed by atoms with van der Waals surface area (Å²) in [6, 6.07) is 11.2. The molecule has 194 valence electrons. The third kappa shape index (κ3) is 4.75. The van der Waals surface area contributed by atoms with Crippen molar-refractivity contribution in [3.05, 3.63) is 68.2 Å². The topological polar surface area (TPSA) is 104 Å². The molecule has 3 amide bonds. The molecule has 1 aliphatic carbocycles. The van der Waals surface area contributed by atoms with Gasteiger partial charge in [-0.2, -0.15) is 5.26 Å². The molecule has 0 spiro atoms. The Morgan fingerprint density at radius 2 is 1.92 bits per heavy atom. The van der Waals surface area contributed by atoms with Crippen LogP contribution < -0.4 is 10.1 Å². The highest BCUT2D eigenvalue weighted by molar-refractivity contribution is 8.18. The van der Waals surface area contributed by atoms with Crippen molar-refractivity contribution >= 4 is 51.9 Å². The maximum absolute atomic E-state index is 13.1. The number of nitrogens with one attached hydrogen (secondary N) is 1. The van der Waals surface area contributed by atoms with Gasteiger partial charge in [0.25, 0.3) is 11.1 Å².